The molecule has 2 aromatic carbocycles. The van der Waals surface area contributed by atoms with E-state index in [4.69, 9.17) is 26.2 Å². The minimum absolute atomic E-state index is 0.0965. The number of hydrogen-bond acceptors (Lipinski definition) is 4. The predicted molar refractivity (Wildman–Crippen MR) is 122 cm³/mol. The highest BCUT2D eigenvalue weighted by atomic mass is 35.5. The smallest absolute Gasteiger partial charge is 0.303 e. The summed E-state index contributed by atoms with van der Waals surface area (Å²) < 4.78 is 13.6. The molecule has 6 nitrogen and oxygen atoms in total. The van der Waals surface area contributed by atoms with Gasteiger partial charge in [0, 0.05) is 17.5 Å². The van der Waals surface area contributed by atoms with Gasteiger partial charge in [-0.25, -0.2) is 4.98 Å². The molecule has 0 aliphatic heterocycles. The molecular weight excluding hydrogens is 416 g/mol. The van der Waals surface area contributed by atoms with Gasteiger partial charge in [-0.05, 0) is 49.6 Å². The lowest BCUT2D eigenvalue weighted by molar-refractivity contribution is -0.137. The second-order valence-corrected chi connectivity index (χ2v) is 7.96. The summed E-state index contributed by atoms with van der Waals surface area (Å²) in [6, 6.07) is 11.6. The van der Waals surface area contributed by atoms with Crippen molar-refractivity contribution in [3.8, 4) is 11.5 Å². The minimum Gasteiger partial charge on any atom is -0.494 e. The van der Waals surface area contributed by atoms with Crippen LogP contribution in [0.2, 0.25) is 5.02 Å². The van der Waals surface area contributed by atoms with E-state index in [0.29, 0.717) is 37.0 Å². The van der Waals surface area contributed by atoms with Gasteiger partial charge in [0.1, 0.15) is 17.3 Å². The van der Waals surface area contributed by atoms with Gasteiger partial charge >= 0.3 is 5.97 Å². The molecule has 7 heteroatoms. The van der Waals surface area contributed by atoms with Crippen molar-refractivity contribution in [3.05, 3.63) is 52.8 Å². The fourth-order valence-corrected chi connectivity index (χ4v) is 3.62. The van der Waals surface area contributed by atoms with E-state index in [2.05, 4.69) is 16.5 Å². The molecule has 0 fully saturated rings. The van der Waals surface area contributed by atoms with E-state index in [9.17, 15) is 4.79 Å². The number of carbonyl (C=O) groups is 1. The molecule has 1 N–H and O–H groups in total. The Balaban J connectivity index is 1.68. The zero-order valence-corrected chi connectivity index (χ0v) is 18.8. The summed E-state index contributed by atoms with van der Waals surface area (Å²) in [5, 5.41) is 9.39. The normalized spacial score (nSPS) is 11.1. The zero-order valence-electron chi connectivity index (χ0n) is 18.1. The van der Waals surface area contributed by atoms with Crippen LogP contribution in [0.1, 0.15) is 50.4 Å². The second kappa shape index (κ2) is 11.0. The van der Waals surface area contributed by atoms with Crippen molar-refractivity contribution in [2.45, 2.75) is 52.5 Å². The van der Waals surface area contributed by atoms with Gasteiger partial charge in [0.05, 0.1) is 30.8 Å². The minimum atomic E-state index is -0.817. The summed E-state index contributed by atoms with van der Waals surface area (Å²) >= 11 is 6.53. The maximum Gasteiger partial charge on any atom is 0.303 e. The Morgan fingerprint density at radius 1 is 1.06 bits per heavy atom. The molecule has 0 saturated heterocycles. The number of rotatable bonds is 12. The van der Waals surface area contributed by atoms with E-state index in [1.807, 2.05) is 43.3 Å². The van der Waals surface area contributed by atoms with Crippen molar-refractivity contribution in [2.75, 3.05) is 13.2 Å². The van der Waals surface area contributed by atoms with Crippen molar-refractivity contribution in [1.29, 1.82) is 0 Å². The highest BCUT2D eigenvalue weighted by molar-refractivity contribution is 6.31. The van der Waals surface area contributed by atoms with Gasteiger partial charge < -0.3 is 19.1 Å². The third kappa shape index (κ3) is 6.37. The molecule has 0 radical (unpaired) electrons. The molecule has 1 aromatic heterocycles. The van der Waals surface area contributed by atoms with Crippen molar-refractivity contribution < 1.29 is 19.4 Å². The highest BCUT2D eigenvalue weighted by Crippen LogP contribution is 2.27. The molecule has 0 saturated carbocycles. The number of imidazole rings is 1. The van der Waals surface area contributed by atoms with Gasteiger partial charge in [-0.3, -0.25) is 4.79 Å². The number of fused-ring (bicyclic) bond motifs is 1. The molecular formula is C24H29ClN2O4. The first-order valence-corrected chi connectivity index (χ1v) is 11.1. The molecule has 0 bridgehead atoms. The molecule has 0 aliphatic carbocycles. The van der Waals surface area contributed by atoms with Crippen molar-refractivity contribution in [3.63, 3.8) is 0 Å². The van der Waals surface area contributed by atoms with Gasteiger partial charge in [-0.1, -0.05) is 37.4 Å². The summed E-state index contributed by atoms with van der Waals surface area (Å²) in [6.45, 7) is 5.81. The van der Waals surface area contributed by atoms with Crippen LogP contribution in [-0.4, -0.2) is 33.8 Å². The number of nitrogens with zero attached hydrogens (tertiary/aromatic N) is 2. The summed E-state index contributed by atoms with van der Waals surface area (Å²) in [4.78, 5) is 15.3. The van der Waals surface area contributed by atoms with Crippen LogP contribution in [0.4, 0.5) is 0 Å². The molecule has 0 amide bonds. The van der Waals surface area contributed by atoms with Gasteiger partial charge in [0.2, 0.25) is 0 Å². The number of halogens is 1. The van der Waals surface area contributed by atoms with Crippen molar-refractivity contribution >= 4 is 28.6 Å². The predicted octanol–water partition coefficient (Wildman–Crippen LogP) is 5.86. The average Bonchev–Trinajstić information content (AvgIpc) is 3.04. The first-order valence-electron chi connectivity index (χ1n) is 10.7. The SMILES string of the molecule is CCCCCOc1ccc(Cn2c(C)nc3cc(OCCCC(=O)O)ccc32)c(Cl)c1. The number of carboxylic acids is 1. The van der Waals surface area contributed by atoms with Crippen molar-refractivity contribution in [1.82, 2.24) is 9.55 Å². The Morgan fingerprint density at radius 2 is 1.77 bits per heavy atom. The second-order valence-electron chi connectivity index (χ2n) is 7.55. The number of ether oxygens (including phenoxy) is 2. The van der Waals surface area contributed by atoms with E-state index in [0.717, 1.165) is 41.0 Å². The van der Waals surface area contributed by atoms with E-state index < -0.39 is 5.97 Å². The summed E-state index contributed by atoms with van der Waals surface area (Å²) in [5.74, 6) is 1.55. The van der Waals surface area contributed by atoms with Crippen LogP contribution >= 0.6 is 11.6 Å². The Morgan fingerprint density at radius 3 is 2.48 bits per heavy atom. The summed E-state index contributed by atoms with van der Waals surface area (Å²) in [5.41, 5.74) is 2.82. The van der Waals surface area contributed by atoms with E-state index >= 15 is 0 Å². The average molecular weight is 445 g/mol. The van der Waals surface area contributed by atoms with Gasteiger partial charge in [-0.15, -0.1) is 0 Å². The third-order valence-electron chi connectivity index (χ3n) is 5.08. The van der Waals surface area contributed by atoms with Crippen LogP contribution in [0.3, 0.4) is 0 Å². The van der Waals surface area contributed by atoms with Crippen LogP contribution in [0, 0.1) is 6.92 Å². The quantitative estimate of drug-likeness (QED) is 0.354. The fourth-order valence-electron chi connectivity index (χ4n) is 3.39. The topological polar surface area (TPSA) is 73.6 Å². The fraction of sp³-hybridized carbons (Fsp3) is 0.417. The van der Waals surface area contributed by atoms with Crippen LogP contribution in [-0.2, 0) is 11.3 Å². The Hall–Kier alpha value is -2.73. The molecule has 0 atom stereocenters. The summed E-state index contributed by atoms with van der Waals surface area (Å²) in [7, 11) is 0. The molecule has 3 aromatic rings. The van der Waals surface area contributed by atoms with Crippen LogP contribution < -0.4 is 9.47 Å². The van der Waals surface area contributed by atoms with E-state index in [-0.39, 0.29) is 6.42 Å². The zero-order chi connectivity index (χ0) is 22.2. The number of aryl methyl sites for hydroxylation is 1. The van der Waals surface area contributed by atoms with Crippen LogP contribution in [0.5, 0.6) is 11.5 Å². The first-order chi connectivity index (χ1) is 15.0. The van der Waals surface area contributed by atoms with Gasteiger partial charge in [-0.2, -0.15) is 0 Å². The van der Waals surface area contributed by atoms with E-state index in [1.165, 1.54) is 6.42 Å². The number of carboxylic acid groups (broad SMARTS) is 1. The number of hydrogen-bond donors (Lipinski definition) is 1. The standard InChI is InChI=1S/C24H29ClN2O4/c1-3-4-5-12-30-19-9-8-18(21(25)14-19)16-27-17(2)26-22-15-20(10-11-23(22)27)31-13-6-7-24(28)29/h8-11,14-15H,3-7,12-13,16H2,1-2H3,(H,28,29). The Labute approximate surface area is 187 Å². The third-order valence-corrected chi connectivity index (χ3v) is 5.44. The Bertz CT molecular complexity index is 1030. The van der Waals surface area contributed by atoms with Crippen LogP contribution in [0.15, 0.2) is 36.4 Å². The van der Waals surface area contributed by atoms with E-state index in [1.54, 1.807) is 0 Å². The lowest BCUT2D eigenvalue weighted by atomic mass is 10.2. The maximum absolute atomic E-state index is 10.6. The highest BCUT2D eigenvalue weighted by Gasteiger charge is 2.12. The van der Waals surface area contributed by atoms with Crippen molar-refractivity contribution in [2.24, 2.45) is 0 Å². The van der Waals surface area contributed by atoms with Crippen LogP contribution in [0.25, 0.3) is 11.0 Å². The molecule has 0 unspecified atom stereocenters. The lowest BCUT2D eigenvalue weighted by Crippen LogP contribution is -2.04. The van der Waals surface area contributed by atoms with Gasteiger partial charge in [0.15, 0.2) is 0 Å². The summed E-state index contributed by atoms with van der Waals surface area (Å²) in [6.07, 6.45) is 3.94. The first kappa shape index (κ1) is 22.9. The molecule has 31 heavy (non-hydrogen) atoms. The molecule has 3 rings (SSSR count). The number of unbranched alkanes of at least 4 members (excludes halogenated alkanes) is 2. The Kier molecular flexibility index (Phi) is 8.18. The lowest BCUT2D eigenvalue weighted by Gasteiger charge is -2.12. The van der Waals surface area contributed by atoms with Gasteiger partial charge in [0.25, 0.3) is 0 Å². The number of benzene rings is 2. The molecule has 1 heterocycles. The molecule has 166 valence electrons. The maximum atomic E-state index is 10.6. The number of aliphatic carboxylic acids is 1. The molecule has 0 spiro atoms. The monoisotopic (exact) mass is 444 g/mol. The number of aromatic nitrogens is 2. The largest absolute Gasteiger partial charge is 0.494 e. The molecule has 0 aliphatic rings.